The number of aliphatic hydroxyl groups is 1. The van der Waals surface area contributed by atoms with Crippen LogP contribution in [-0.4, -0.2) is 55.7 Å². The van der Waals surface area contributed by atoms with Crippen LogP contribution in [0.15, 0.2) is 6.33 Å². The molecule has 0 unspecified atom stereocenters. The van der Waals surface area contributed by atoms with E-state index in [0.29, 0.717) is 30.8 Å². The maximum absolute atomic E-state index is 12.7. The fraction of sp³-hybridized carbons (Fsp3) is 0.667. The summed E-state index contributed by atoms with van der Waals surface area (Å²) >= 11 is 0. The van der Waals surface area contributed by atoms with Crippen molar-refractivity contribution in [1.82, 2.24) is 14.5 Å². The predicted molar refractivity (Wildman–Crippen MR) is 79.4 cm³/mol. The van der Waals surface area contributed by atoms with Gasteiger partial charge in [0.05, 0.1) is 18.1 Å². The molecule has 2 rings (SSSR count). The van der Waals surface area contributed by atoms with Gasteiger partial charge >= 0.3 is 5.97 Å². The van der Waals surface area contributed by atoms with E-state index in [1.807, 2.05) is 6.92 Å². The lowest BCUT2D eigenvalue weighted by Crippen LogP contribution is -2.57. The molecule has 1 aromatic rings. The Morgan fingerprint density at radius 3 is 2.68 bits per heavy atom. The Bertz CT molecular complexity index is 564. The Kier molecular flexibility index (Phi) is 4.55. The minimum atomic E-state index is -1.28. The molecular weight excluding hydrogens is 286 g/mol. The maximum Gasteiger partial charge on any atom is 0.314 e. The van der Waals surface area contributed by atoms with Crippen molar-refractivity contribution in [2.24, 2.45) is 12.5 Å². The topological polar surface area (TPSA) is 95.7 Å². The smallest absolute Gasteiger partial charge is 0.314 e. The van der Waals surface area contributed by atoms with Crippen LogP contribution in [0.1, 0.15) is 42.4 Å². The van der Waals surface area contributed by atoms with Crippen molar-refractivity contribution in [3.8, 4) is 0 Å². The third-order valence-corrected chi connectivity index (χ3v) is 4.52. The van der Waals surface area contributed by atoms with Crippen molar-refractivity contribution in [1.29, 1.82) is 0 Å². The van der Waals surface area contributed by atoms with E-state index >= 15 is 0 Å². The van der Waals surface area contributed by atoms with E-state index in [1.165, 1.54) is 4.90 Å². The van der Waals surface area contributed by atoms with E-state index in [1.54, 1.807) is 24.9 Å². The number of aryl methyl sites for hydroxylation is 2. The summed E-state index contributed by atoms with van der Waals surface area (Å²) in [7, 11) is 1.74. The zero-order valence-electron chi connectivity index (χ0n) is 13.2. The van der Waals surface area contributed by atoms with Gasteiger partial charge in [-0.1, -0.05) is 13.3 Å². The fourth-order valence-electron chi connectivity index (χ4n) is 3.26. The number of carbonyl (C=O) groups excluding carboxylic acids is 1. The number of imidazole rings is 1. The summed E-state index contributed by atoms with van der Waals surface area (Å²) < 4.78 is 1.64. The van der Waals surface area contributed by atoms with E-state index in [2.05, 4.69) is 4.98 Å². The number of aliphatic hydroxyl groups excluding tert-OH is 1. The van der Waals surface area contributed by atoms with Crippen LogP contribution in [0, 0.1) is 12.3 Å². The maximum atomic E-state index is 12.7. The second-order valence-electron chi connectivity index (χ2n) is 6.03. The monoisotopic (exact) mass is 309 g/mol. The Hall–Kier alpha value is -1.89. The van der Waals surface area contributed by atoms with Crippen molar-refractivity contribution < 1.29 is 19.8 Å². The quantitative estimate of drug-likeness (QED) is 0.858. The molecule has 0 radical (unpaired) electrons. The number of carboxylic acid groups (broad SMARTS) is 1. The molecule has 0 saturated carbocycles. The molecule has 1 aliphatic heterocycles. The van der Waals surface area contributed by atoms with Crippen LogP contribution in [0.5, 0.6) is 0 Å². The van der Waals surface area contributed by atoms with Gasteiger partial charge in [-0.2, -0.15) is 0 Å². The Labute approximate surface area is 129 Å². The molecule has 0 aromatic carbocycles. The van der Waals surface area contributed by atoms with E-state index in [0.717, 1.165) is 0 Å². The summed E-state index contributed by atoms with van der Waals surface area (Å²) in [6, 6.07) is 0. The zero-order valence-corrected chi connectivity index (χ0v) is 13.2. The molecule has 7 nitrogen and oxygen atoms in total. The largest absolute Gasteiger partial charge is 0.481 e. The highest BCUT2D eigenvalue weighted by Crippen LogP contribution is 2.36. The van der Waals surface area contributed by atoms with E-state index in [4.69, 9.17) is 0 Å². The highest BCUT2D eigenvalue weighted by atomic mass is 16.4. The van der Waals surface area contributed by atoms with Gasteiger partial charge in [-0.3, -0.25) is 9.59 Å². The van der Waals surface area contributed by atoms with E-state index < -0.39 is 17.5 Å². The average Bonchev–Trinajstić information content (AvgIpc) is 2.80. The lowest BCUT2D eigenvalue weighted by Gasteiger charge is -2.43. The number of aromatic nitrogens is 2. The molecule has 122 valence electrons. The number of rotatable bonds is 4. The highest BCUT2D eigenvalue weighted by Gasteiger charge is 2.49. The molecule has 22 heavy (non-hydrogen) atoms. The SMILES string of the molecule is CCC[C@@]1(C(=O)O)CN(C(=O)c2c(C)ncn2C)CC[C@H]1O. The molecule has 1 aromatic heterocycles. The van der Waals surface area contributed by atoms with Crippen LogP contribution >= 0.6 is 0 Å². The van der Waals surface area contributed by atoms with Crippen LogP contribution in [0.4, 0.5) is 0 Å². The standard InChI is InChI=1S/C15H23N3O4/c1-4-6-15(14(21)22)8-18(7-5-11(15)19)13(20)12-10(2)16-9-17(12)3/h9,11,19H,4-8H2,1-3H3,(H,21,22)/t11-,15-/m1/s1. The number of likely N-dealkylation sites (tertiary alicyclic amines) is 1. The number of hydrogen-bond acceptors (Lipinski definition) is 4. The normalized spacial score (nSPS) is 25.3. The predicted octanol–water partition coefficient (Wildman–Crippen LogP) is 0.806. The Morgan fingerprint density at radius 1 is 1.50 bits per heavy atom. The van der Waals surface area contributed by atoms with Gasteiger partial charge in [0, 0.05) is 20.1 Å². The number of piperidine rings is 1. The molecule has 7 heteroatoms. The molecule has 1 aliphatic rings. The van der Waals surface area contributed by atoms with Gasteiger partial charge in [0.15, 0.2) is 0 Å². The number of hydrogen-bond donors (Lipinski definition) is 2. The molecule has 2 atom stereocenters. The molecule has 1 fully saturated rings. The van der Waals surface area contributed by atoms with Crippen LogP contribution in [0.2, 0.25) is 0 Å². The number of nitrogens with zero attached hydrogens (tertiary/aromatic N) is 3. The molecule has 0 spiro atoms. The minimum absolute atomic E-state index is 0.0286. The minimum Gasteiger partial charge on any atom is -0.481 e. The van der Waals surface area contributed by atoms with Crippen LogP contribution < -0.4 is 0 Å². The second-order valence-corrected chi connectivity index (χ2v) is 6.03. The zero-order chi connectivity index (χ0) is 16.5. The van der Waals surface area contributed by atoms with Gasteiger partial charge in [-0.05, 0) is 19.8 Å². The molecule has 1 saturated heterocycles. The van der Waals surface area contributed by atoms with Crippen molar-refractivity contribution in [2.45, 2.75) is 39.2 Å². The second kappa shape index (κ2) is 6.08. The lowest BCUT2D eigenvalue weighted by atomic mass is 9.74. The first-order chi connectivity index (χ1) is 10.3. The first-order valence-corrected chi connectivity index (χ1v) is 7.52. The van der Waals surface area contributed by atoms with Crippen LogP contribution in [0.25, 0.3) is 0 Å². The van der Waals surface area contributed by atoms with Crippen molar-refractivity contribution >= 4 is 11.9 Å². The van der Waals surface area contributed by atoms with Gasteiger partial charge in [0.25, 0.3) is 5.91 Å². The summed E-state index contributed by atoms with van der Waals surface area (Å²) in [6.45, 7) is 4.01. The molecule has 1 amide bonds. The van der Waals surface area contributed by atoms with Gasteiger partial charge in [-0.25, -0.2) is 4.98 Å². The summed E-state index contributed by atoms with van der Waals surface area (Å²) in [5.74, 6) is -1.27. The van der Waals surface area contributed by atoms with Crippen molar-refractivity contribution in [3.63, 3.8) is 0 Å². The van der Waals surface area contributed by atoms with Crippen LogP contribution in [0.3, 0.4) is 0 Å². The molecule has 0 aliphatic carbocycles. The average molecular weight is 309 g/mol. The van der Waals surface area contributed by atoms with Gasteiger partial charge < -0.3 is 19.7 Å². The first-order valence-electron chi connectivity index (χ1n) is 7.52. The van der Waals surface area contributed by atoms with Gasteiger partial charge in [-0.15, -0.1) is 0 Å². The molecular formula is C15H23N3O4. The van der Waals surface area contributed by atoms with Gasteiger partial charge in [0.1, 0.15) is 11.1 Å². The summed E-state index contributed by atoms with van der Waals surface area (Å²) in [4.78, 5) is 30.1. The number of amides is 1. The van der Waals surface area contributed by atoms with E-state index in [-0.39, 0.29) is 18.9 Å². The van der Waals surface area contributed by atoms with E-state index in [9.17, 15) is 19.8 Å². The van der Waals surface area contributed by atoms with Crippen LogP contribution in [-0.2, 0) is 11.8 Å². The third-order valence-electron chi connectivity index (χ3n) is 4.52. The summed E-state index contributed by atoms with van der Waals surface area (Å²) in [5, 5.41) is 19.8. The van der Waals surface area contributed by atoms with Gasteiger partial charge in [0.2, 0.25) is 0 Å². The summed E-state index contributed by atoms with van der Waals surface area (Å²) in [6.07, 6.45) is 1.89. The number of carbonyl (C=O) groups is 2. The number of aliphatic carboxylic acids is 1. The Balaban J connectivity index is 2.30. The third kappa shape index (κ3) is 2.61. The number of carboxylic acids is 1. The molecule has 0 bridgehead atoms. The highest BCUT2D eigenvalue weighted by molar-refractivity contribution is 5.94. The first kappa shape index (κ1) is 16.5. The Morgan fingerprint density at radius 2 is 2.18 bits per heavy atom. The fourth-order valence-corrected chi connectivity index (χ4v) is 3.26. The van der Waals surface area contributed by atoms with Crippen molar-refractivity contribution in [2.75, 3.05) is 13.1 Å². The molecule has 2 N–H and O–H groups in total. The van der Waals surface area contributed by atoms with Crippen molar-refractivity contribution in [3.05, 3.63) is 17.7 Å². The summed E-state index contributed by atoms with van der Waals surface area (Å²) in [5.41, 5.74) is -0.197. The molecule has 2 heterocycles. The lowest BCUT2D eigenvalue weighted by molar-refractivity contribution is -0.162.